The Balaban J connectivity index is 2.08. The highest BCUT2D eigenvalue weighted by molar-refractivity contribution is 5.34. The van der Waals surface area contributed by atoms with E-state index < -0.39 is 0 Å². The minimum atomic E-state index is 0.510. The molecule has 1 fully saturated rings. The van der Waals surface area contributed by atoms with E-state index in [9.17, 15) is 0 Å². The van der Waals surface area contributed by atoms with Gasteiger partial charge in [0.25, 0.3) is 0 Å². The van der Waals surface area contributed by atoms with Crippen molar-refractivity contribution in [3.63, 3.8) is 0 Å². The van der Waals surface area contributed by atoms with Crippen LogP contribution in [0.1, 0.15) is 25.8 Å². The van der Waals surface area contributed by atoms with Crippen LogP contribution in [0.2, 0.25) is 0 Å². The Morgan fingerprint density at radius 3 is 2.59 bits per heavy atom. The SMILES string of the molecule is CNC(Cc1ccccc1OC)C1CC1(C)C. The van der Waals surface area contributed by atoms with Crippen LogP contribution < -0.4 is 10.1 Å². The summed E-state index contributed by atoms with van der Waals surface area (Å²) < 4.78 is 5.42. The molecule has 0 aliphatic heterocycles. The molecule has 1 aromatic rings. The van der Waals surface area contributed by atoms with Crippen LogP contribution >= 0.6 is 0 Å². The van der Waals surface area contributed by atoms with Crippen molar-refractivity contribution in [3.8, 4) is 5.75 Å². The molecule has 1 N–H and O–H groups in total. The van der Waals surface area contributed by atoms with Crippen molar-refractivity contribution >= 4 is 0 Å². The van der Waals surface area contributed by atoms with Gasteiger partial charge in [-0.3, -0.25) is 0 Å². The van der Waals surface area contributed by atoms with E-state index in [1.807, 2.05) is 12.1 Å². The van der Waals surface area contributed by atoms with Gasteiger partial charge in [0.15, 0.2) is 0 Å². The Bertz CT molecular complexity index is 386. The number of rotatable bonds is 5. The molecule has 2 rings (SSSR count). The Kier molecular flexibility index (Phi) is 3.43. The summed E-state index contributed by atoms with van der Waals surface area (Å²) in [6, 6.07) is 8.88. The molecule has 0 heterocycles. The van der Waals surface area contributed by atoms with Gasteiger partial charge in [-0.1, -0.05) is 32.0 Å². The molecule has 0 saturated heterocycles. The van der Waals surface area contributed by atoms with Crippen molar-refractivity contribution in [2.45, 2.75) is 32.7 Å². The van der Waals surface area contributed by atoms with Gasteiger partial charge in [-0.15, -0.1) is 0 Å². The summed E-state index contributed by atoms with van der Waals surface area (Å²) in [6.07, 6.45) is 2.38. The van der Waals surface area contributed by atoms with Gasteiger partial charge in [0.1, 0.15) is 5.75 Å². The van der Waals surface area contributed by atoms with E-state index >= 15 is 0 Å². The molecule has 2 nitrogen and oxygen atoms in total. The van der Waals surface area contributed by atoms with Gasteiger partial charge in [0, 0.05) is 6.04 Å². The van der Waals surface area contributed by atoms with Gasteiger partial charge in [-0.25, -0.2) is 0 Å². The molecule has 2 unspecified atom stereocenters. The third-order valence-electron chi connectivity index (χ3n) is 4.08. The van der Waals surface area contributed by atoms with Crippen molar-refractivity contribution in [1.29, 1.82) is 0 Å². The van der Waals surface area contributed by atoms with E-state index in [-0.39, 0.29) is 0 Å². The molecule has 0 spiro atoms. The summed E-state index contributed by atoms with van der Waals surface area (Å²) in [4.78, 5) is 0. The second-order valence-electron chi connectivity index (χ2n) is 5.71. The minimum absolute atomic E-state index is 0.510. The van der Waals surface area contributed by atoms with Gasteiger partial charge in [-0.05, 0) is 42.9 Å². The second-order valence-corrected chi connectivity index (χ2v) is 5.71. The standard InChI is InChI=1S/C15H23NO/c1-15(2)10-12(15)13(16-3)9-11-7-5-6-8-14(11)17-4/h5-8,12-13,16H,9-10H2,1-4H3. The molecule has 1 saturated carbocycles. The summed E-state index contributed by atoms with van der Waals surface area (Å²) >= 11 is 0. The van der Waals surface area contributed by atoms with E-state index in [4.69, 9.17) is 4.74 Å². The highest BCUT2D eigenvalue weighted by atomic mass is 16.5. The summed E-state index contributed by atoms with van der Waals surface area (Å²) in [7, 11) is 3.81. The van der Waals surface area contributed by atoms with Crippen molar-refractivity contribution in [1.82, 2.24) is 5.32 Å². The third-order valence-corrected chi connectivity index (χ3v) is 4.08. The average molecular weight is 233 g/mol. The van der Waals surface area contributed by atoms with Gasteiger partial charge < -0.3 is 10.1 Å². The molecular weight excluding hydrogens is 210 g/mol. The Morgan fingerprint density at radius 1 is 1.41 bits per heavy atom. The van der Waals surface area contributed by atoms with E-state index in [2.05, 4.69) is 38.3 Å². The van der Waals surface area contributed by atoms with Gasteiger partial charge in [0.05, 0.1) is 7.11 Å². The van der Waals surface area contributed by atoms with Crippen LogP contribution in [0.3, 0.4) is 0 Å². The maximum absolute atomic E-state index is 5.42. The normalized spacial score (nSPS) is 23.2. The summed E-state index contributed by atoms with van der Waals surface area (Å²) in [6.45, 7) is 4.70. The topological polar surface area (TPSA) is 21.3 Å². The zero-order chi connectivity index (χ0) is 12.5. The molecule has 94 valence electrons. The second kappa shape index (κ2) is 4.69. The van der Waals surface area contributed by atoms with Crippen LogP contribution in [-0.4, -0.2) is 20.2 Å². The van der Waals surface area contributed by atoms with Gasteiger partial charge in [0.2, 0.25) is 0 Å². The van der Waals surface area contributed by atoms with Crippen LogP contribution in [0.5, 0.6) is 5.75 Å². The molecule has 0 radical (unpaired) electrons. The first-order valence-corrected chi connectivity index (χ1v) is 6.37. The van der Waals surface area contributed by atoms with E-state index in [0.29, 0.717) is 11.5 Å². The van der Waals surface area contributed by atoms with Gasteiger partial charge >= 0.3 is 0 Å². The molecule has 1 aliphatic rings. The summed E-state index contributed by atoms with van der Waals surface area (Å²) in [5, 5.41) is 3.46. The van der Waals surface area contributed by atoms with E-state index in [1.165, 1.54) is 12.0 Å². The lowest BCUT2D eigenvalue weighted by Gasteiger charge is -2.19. The van der Waals surface area contributed by atoms with Crippen LogP contribution in [0.15, 0.2) is 24.3 Å². The molecule has 1 aliphatic carbocycles. The first-order valence-electron chi connectivity index (χ1n) is 6.37. The lowest BCUT2D eigenvalue weighted by atomic mass is 9.97. The number of hydrogen-bond acceptors (Lipinski definition) is 2. The lowest BCUT2D eigenvalue weighted by Crippen LogP contribution is -2.31. The zero-order valence-corrected chi connectivity index (χ0v) is 11.3. The molecule has 2 atom stereocenters. The fourth-order valence-corrected chi connectivity index (χ4v) is 2.75. The quantitative estimate of drug-likeness (QED) is 0.844. The predicted molar refractivity (Wildman–Crippen MR) is 71.4 cm³/mol. The van der Waals surface area contributed by atoms with Crippen LogP contribution in [0, 0.1) is 11.3 Å². The van der Waals surface area contributed by atoms with Crippen LogP contribution in [-0.2, 0) is 6.42 Å². The Hall–Kier alpha value is -1.02. The highest BCUT2D eigenvalue weighted by Crippen LogP contribution is 2.54. The summed E-state index contributed by atoms with van der Waals surface area (Å²) in [5.74, 6) is 1.80. The minimum Gasteiger partial charge on any atom is -0.496 e. The number of methoxy groups -OCH3 is 1. The molecule has 2 heteroatoms. The van der Waals surface area contributed by atoms with Crippen LogP contribution in [0.25, 0.3) is 0 Å². The van der Waals surface area contributed by atoms with Crippen molar-refractivity contribution in [3.05, 3.63) is 29.8 Å². The Labute approximate surface area is 104 Å². The first-order chi connectivity index (χ1) is 8.08. The van der Waals surface area contributed by atoms with Crippen LogP contribution in [0.4, 0.5) is 0 Å². The molecule has 0 amide bonds. The number of para-hydroxylation sites is 1. The fraction of sp³-hybridized carbons (Fsp3) is 0.600. The van der Waals surface area contributed by atoms with Gasteiger partial charge in [-0.2, -0.15) is 0 Å². The molecule has 1 aromatic carbocycles. The van der Waals surface area contributed by atoms with Crippen molar-refractivity contribution in [2.75, 3.05) is 14.2 Å². The maximum Gasteiger partial charge on any atom is 0.122 e. The molecule has 17 heavy (non-hydrogen) atoms. The molecular formula is C15H23NO. The predicted octanol–water partition coefficient (Wildman–Crippen LogP) is 2.87. The molecule has 0 aromatic heterocycles. The number of hydrogen-bond donors (Lipinski definition) is 1. The lowest BCUT2D eigenvalue weighted by molar-refractivity contribution is 0.393. The molecule has 0 bridgehead atoms. The number of nitrogens with one attached hydrogen (secondary N) is 1. The zero-order valence-electron chi connectivity index (χ0n) is 11.3. The third kappa shape index (κ3) is 2.63. The smallest absolute Gasteiger partial charge is 0.122 e. The van der Waals surface area contributed by atoms with E-state index in [1.54, 1.807) is 7.11 Å². The average Bonchev–Trinajstić information content (AvgIpc) is 2.95. The number of benzene rings is 1. The monoisotopic (exact) mass is 233 g/mol. The van der Waals surface area contributed by atoms with E-state index in [0.717, 1.165) is 18.1 Å². The Morgan fingerprint density at radius 2 is 2.06 bits per heavy atom. The fourth-order valence-electron chi connectivity index (χ4n) is 2.75. The van der Waals surface area contributed by atoms with Crippen molar-refractivity contribution < 1.29 is 4.74 Å². The number of likely N-dealkylation sites (N-methyl/N-ethyl adjacent to an activating group) is 1. The van der Waals surface area contributed by atoms with Crippen molar-refractivity contribution in [2.24, 2.45) is 11.3 Å². The summed E-state index contributed by atoms with van der Waals surface area (Å²) in [5.41, 5.74) is 1.81. The highest BCUT2D eigenvalue weighted by Gasteiger charge is 2.49. The maximum atomic E-state index is 5.42. The number of ether oxygens (including phenoxy) is 1. The first kappa shape index (κ1) is 12.4. The largest absolute Gasteiger partial charge is 0.496 e.